The van der Waals surface area contributed by atoms with Crippen LogP contribution < -0.4 is 11.1 Å². The van der Waals surface area contributed by atoms with Gasteiger partial charge in [-0.2, -0.15) is 0 Å². The maximum Gasteiger partial charge on any atom is 0.239 e. The molecule has 5 heteroatoms. The summed E-state index contributed by atoms with van der Waals surface area (Å²) in [6.45, 7) is 0.475. The van der Waals surface area contributed by atoms with Gasteiger partial charge < -0.3 is 11.1 Å². The Kier molecular flexibility index (Phi) is 4.38. The van der Waals surface area contributed by atoms with Crippen LogP contribution in [0.4, 0.5) is 5.69 Å². The number of hydrogen-bond donors (Lipinski definition) is 2. The maximum absolute atomic E-state index is 11.0. The molecule has 3 N–H and O–H groups in total. The van der Waals surface area contributed by atoms with E-state index in [9.17, 15) is 4.79 Å². The summed E-state index contributed by atoms with van der Waals surface area (Å²) in [6.07, 6.45) is 0. The van der Waals surface area contributed by atoms with Crippen LogP contribution in [0.25, 0.3) is 0 Å². The molecule has 0 aliphatic carbocycles. The second-order valence-electron chi connectivity index (χ2n) is 2.70. The van der Waals surface area contributed by atoms with Crippen LogP contribution in [0.3, 0.4) is 0 Å². The van der Waals surface area contributed by atoms with Crippen LogP contribution in [0.15, 0.2) is 22.7 Å². The van der Waals surface area contributed by atoms with E-state index in [0.717, 1.165) is 10.0 Å². The van der Waals surface area contributed by atoms with E-state index in [4.69, 9.17) is 17.3 Å². The number of alkyl halides is 1. The number of hydrogen-bond acceptors (Lipinski definition) is 2. The second-order valence-corrected chi connectivity index (χ2v) is 3.82. The fourth-order valence-corrected chi connectivity index (χ4v) is 1.56. The Morgan fingerprint density at radius 3 is 2.79 bits per heavy atom. The normalized spacial score (nSPS) is 9.93. The standard InChI is InChI=1S/C9H10BrClN2O/c10-7-3-6(5-12)1-2-8(7)13-9(14)4-11/h1-3H,4-5,12H2,(H,13,14). The van der Waals surface area contributed by atoms with Gasteiger partial charge in [0.15, 0.2) is 0 Å². The van der Waals surface area contributed by atoms with Crippen LogP contribution >= 0.6 is 27.5 Å². The van der Waals surface area contributed by atoms with Crippen molar-refractivity contribution < 1.29 is 4.79 Å². The third-order valence-electron chi connectivity index (χ3n) is 1.66. The SMILES string of the molecule is NCc1ccc(NC(=O)CCl)c(Br)c1. The molecule has 0 radical (unpaired) electrons. The molecule has 0 fully saturated rings. The third kappa shape index (κ3) is 2.97. The molecule has 1 aromatic rings. The van der Waals surface area contributed by atoms with Gasteiger partial charge in [0.1, 0.15) is 5.88 Å². The lowest BCUT2D eigenvalue weighted by Crippen LogP contribution is -2.13. The lowest BCUT2D eigenvalue weighted by molar-refractivity contribution is -0.113. The highest BCUT2D eigenvalue weighted by Crippen LogP contribution is 2.23. The first-order valence-electron chi connectivity index (χ1n) is 4.01. The molecule has 0 heterocycles. The Balaban J connectivity index is 2.83. The molecule has 0 atom stereocenters. The van der Waals surface area contributed by atoms with Gasteiger partial charge in [0.2, 0.25) is 5.91 Å². The summed E-state index contributed by atoms with van der Waals surface area (Å²) in [4.78, 5) is 11.0. The molecule has 0 aromatic heterocycles. The minimum atomic E-state index is -0.229. The molecule has 76 valence electrons. The van der Waals surface area contributed by atoms with Crippen LogP contribution in [0.1, 0.15) is 5.56 Å². The van der Waals surface area contributed by atoms with E-state index in [1.54, 1.807) is 6.07 Å². The van der Waals surface area contributed by atoms with Crippen molar-refractivity contribution >= 4 is 39.1 Å². The van der Waals surface area contributed by atoms with E-state index in [2.05, 4.69) is 21.2 Å². The van der Waals surface area contributed by atoms with E-state index in [1.807, 2.05) is 12.1 Å². The molecule has 0 unspecified atom stereocenters. The molecular weight excluding hydrogens is 267 g/mol. The van der Waals surface area contributed by atoms with Crippen molar-refractivity contribution in [3.63, 3.8) is 0 Å². The zero-order valence-corrected chi connectivity index (χ0v) is 9.73. The van der Waals surface area contributed by atoms with E-state index >= 15 is 0 Å². The molecule has 0 spiro atoms. The lowest BCUT2D eigenvalue weighted by atomic mass is 10.2. The molecule has 0 saturated carbocycles. The van der Waals surface area contributed by atoms with Gasteiger partial charge in [-0.1, -0.05) is 6.07 Å². The molecule has 3 nitrogen and oxygen atoms in total. The number of nitrogens with one attached hydrogen (secondary N) is 1. The summed E-state index contributed by atoms with van der Waals surface area (Å²) in [5.41, 5.74) is 7.17. The van der Waals surface area contributed by atoms with E-state index in [-0.39, 0.29) is 11.8 Å². The van der Waals surface area contributed by atoms with Crippen molar-refractivity contribution in [3.8, 4) is 0 Å². The first kappa shape index (κ1) is 11.5. The molecule has 1 aromatic carbocycles. The molecule has 0 aliphatic heterocycles. The third-order valence-corrected chi connectivity index (χ3v) is 2.56. The smallest absolute Gasteiger partial charge is 0.239 e. The molecule has 1 amide bonds. The topological polar surface area (TPSA) is 55.1 Å². The number of carbonyl (C=O) groups is 1. The summed E-state index contributed by atoms with van der Waals surface area (Å²) in [5.74, 6) is -0.279. The summed E-state index contributed by atoms with van der Waals surface area (Å²) >= 11 is 8.70. The van der Waals surface area contributed by atoms with Gasteiger partial charge in [0.25, 0.3) is 0 Å². The Morgan fingerprint density at radius 1 is 1.57 bits per heavy atom. The Hall–Kier alpha value is -0.580. The number of nitrogens with two attached hydrogens (primary N) is 1. The highest BCUT2D eigenvalue weighted by Gasteiger charge is 2.04. The molecule has 1 rings (SSSR count). The van der Waals surface area contributed by atoms with Crippen molar-refractivity contribution in [1.29, 1.82) is 0 Å². The summed E-state index contributed by atoms with van der Waals surface area (Å²) in [7, 11) is 0. The number of rotatable bonds is 3. The number of halogens is 2. The highest BCUT2D eigenvalue weighted by atomic mass is 79.9. The molecule has 0 aliphatic rings. The van der Waals surface area contributed by atoms with Gasteiger partial charge >= 0.3 is 0 Å². The fraction of sp³-hybridized carbons (Fsp3) is 0.222. The Morgan fingerprint density at radius 2 is 2.29 bits per heavy atom. The zero-order valence-electron chi connectivity index (χ0n) is 7.39. The zero-order chi connectivity index (χ0) is 10.6. The van der Waals surface area contributed by atoms with Crippen LogP contribution in [-0.4, -0.2) is 11.8 Å². The van der Waals surface area contributed by atoms with E-state index in [1.165, 1.54) is 0 Å². The van der Waals surface area contributed by atoms with Crippen LogP contribution in [0, 0.1) is 0 Å². The van der Waals surface area contributed by atoms with Crippen molar-refractivity contribution in [3.05, 3.63) is 28.2 Å². The van der Waals surface area contributed by atoms with Gasteiger partial charge in [-0.05, 0) is 33.6 Å². The average Bonchev–Trinajstić information content (AvgIpc) is 2.20. The summed E-state index contributed by atoms with van der Waals surface area (Å²) in [5, 5.41) is 2.65. The Bertz CT molecular complexity index is 344. The molecule has 0 bridgehead atoms. The average molecular weight is 278 g/mol. The first-order valence-corrected chi connectivity index (χ1v) is 5.34. The van der Waals surface area contributed by atoms with Gasteiger partial charge in [-0.3, -0.25) is 4.79 Å². The fourth-order valence-electron chi connectivity index (χ4n) is 0.971. The molecule has 14 heavy (non-hydrogen) atoms. The van der Waals surface area contributed by atoms with Gasteiger partial charge in [0, 0.05) is 11.0 Å². The summed E-state index contributed by atoms with van der Waals surface area (Å²) < 4.78 is 0.805. The second kappa shape index (κ2) is 5.34. The quantitative estimate of drug-likeness (QED) is 0.831. The van der Waals surface area contributed by atoms with Crippen LogP contribution in [0.2, 0.25) is 0 Å². The Labute approximate surface area is 95.7 Å². The minimum absolute atomic E-state index is 0.0505. The maximum atomic E-state index is 11.0. The minimum Gasteiger partial charge on any atom is -0.326 e. The number of amides is 1. The van der Waals surface area contributed by atoms with Crippen LogP contribution in [0.5, 0.6) is 0 Å². The first-order chi connectivity index (χ1) is 6.67. The van der Waals surface area contributed by atoms with Crippen LogP contribution in [-0.2, 0) is 11.3 Å². The van der Waals surface area contributed by atoms with Gasteiger partial charge in [0.05, 0.1) is 5.69 Å². The van der Waals surface area contributed by atoms with Crippen molar-refractivity contribution in [2.75, 3.05) is 11.2 Å². The highest BCUT2D eigenvalue weighted by molar-refractivity contribution is 9.10. The van der Waals surface area contributed by atoms with Crippen molar-refractivity contribution in [1.82, 2.24) is 0 Å². The number of benzene rings is 1. The van der Waals surface area contributed by atoms with Crippen molar-refractivity contribution in [2.24, 2.45) is 5.73 Å². The number of carbonyl (C=O) groups excluding carboxylic acids is 1. The lowest BCUT2D eigenvalue weighted by Gasteiger charge is -2.06. The predicted molar refractivity (Wildman–Crippen MR) is 61.4 cm³/mol. The van der Waals surface area contributed by atoms with Crippen molar-refractivity contribution in [2.45, 2.75) is 6.54 Å². The summed E-state index contributed by atoms with van der Waals surface area (Å²) in [6, 6.07) is 5.51. The monoisotopic (exact) mass is 276 g/mol. The van der Waals surface area contributed by atoms with E-state index in [0.29, 0.717) is 12.2 Å². The van der Waals surface area contributed by atoms with E-state index < -0.39 is 0 Å². The largest absolute Gasteiger partial charge is 0.326 e. The van der Waals surface area contributed by atoms with Gasteiger partial charge in [-0.25, -0.2) is 0 Å². The van der Waals surface area contributed by atoms with Gasteiger partial charge in [-0.15, -0.1) is 11.6 Å². The molecular formula is C9H10BrClN2O. The predicted octanol–water partition coefficient (Wildman–Crippen LogP) is 2.09. The number of anilines is 1. The molecule has 0 saturated heterocycles.